The summed E-state index contributed by atoms with van der Waals surface area (Å²) < 4.78 is 30.2. The highest BCUT2D eigenvalue weighted by molar-refractivity contribution is 7.88. The maximum atomic E-state index is 12.1. The highest BCUT2D eigenvalue weighted by Gasteiger charge is 2.25. The van der Waals surface area contributed by atoms with Crippen LogP contribution in [0.25, 0.3) is 0 Å². The second-order valence-electron chi connectivity index (χ2n) is 6.00. The number of nitrogens with zero attached hydrogens (tertiary/aromatic N) is 3. The van der Waals surface area contributed by atoms with Crippen LogP contribution in [0, 0.1) is 0 Å². The summed E-state index contributed by atoms with van der Waals surface area (Å²) in [5.41, 5.74) is 1.86. The standard InChI is InChI=1S/C16H20N4O4S/c1-25(22,23)18-10-16(21)20-8-6-14-13(11-20)19-15(24-14)5-4-12-3-2-7-17-9-12/h2-3,7,9,18H,4-6,8,10-11H2,1H3. The van der Waals surface area contributed by atoms with Gasteiger partial charge in [-0.25, -0.2) is 18.1 Å². The molecule has 0 aliphatic carbocycles. The molecule has 2 aromatic rings. The quantitative estimate of drug-likeness (QED) is 0.790. The highest BCUT2D eigenvalue weighted by atomic mass is 32.2. The smallest absolute Gasteiger partial charge is 0.237 e. The number of nitrogens with one attached hydrogen (secondary N) is 1. The van der Waals surface area contributed by atoms with Crippen LogP contribution in [0.15, 0.2) is 28.9 Å². The molecule has 134 valence electrons. The third kappa shape index (κ3) is 4.86. The number of hydrogen-bond acceptors (Lipinski definition) is 6. The molecule has 0 radical (unpaired) electrons. The number of oxazole rings is 1. The SMILES string of the molecule is CS(=O)(=O)NCC(=O)N1CCc2oc(CCc3cccnc3)nc2C1. The number of carbonyl (C=O) groups excluding carboxylic acids is 1. The van der Waals surface area contributed by atoms with Gasteiger partial charge in [0.2, 0.25) is 15.9 Å². The molecule has 3 heterocycles. The Labute approximate surface area is 146 Å². The zero-order valence-electron chi connectivity index (χ0n) is 13.9. The first kappa shape index (κ1) is 17.6. The number of sulfonamides is 1. The van der Waals surface area contributed by atoms with E-state index < -0.39 is 10.0 Å². The molecule has 0 saturated heterocycles. The number of amides is 1. The molecule has 0 fully saturated rings. The van der Waals surface area contributed by atoms with Crippen molar-refractivity contribution in [2.75, 3.05) is 19.3 Å². The summed E-state index contributed by atoms with van der Waals surface area (Å²) in [6.07, 6.45) is 6.62. The average molecular weight is 364 g/mol. The molecule has 1 aliphatic rings. The van der Waals surface area contributed by atoms with Gasteiger partial charge in [0.25, 0.3) is 0 Å². The molecule has 3 rings (SSSR count). The Balaban J connectivity index is 1.58. The number of rotatable bonds is 6. The van der Waals surface area contributed by atoms with E-state index in [0.717, 1.165) is 29.7 Å². The monoisotopic (exact) mass is 364 g/mol. The van der Waals surface area contributed by atoms with Crippen molar-refractivity contribution >= 4 is 15.9 Å². The van der Waals surface area contributed by atoms with Gasteiger partial charge in [-0.05, 0) is 18.1 Å². The second kappa shape index (κ2) is 7.32. The van der Waals surface area contributed by atoms with E-state index in [-0.39, 0.29) is 12.5 Å². The zero-order chi connectivity index (χ0) is 17.9. The van der Waals surface area contributed by atoms with E-state index in [4.69, 9.17) is 4.42 Å². The molecule has 8 nitrogen and oxygen atoms in total. The summed E-state index contributed by atoms with van der Waals surface area (Å²) in [7, 11) is -3.38. The molecular weight excluding hydrogens is 344 g/mol. The fourth-order valence-corrected chi connectivity index (χ4v) is 3.06. The lowest BCUT2D eigenvalue weighted by Gasteiger charge is -2.25. The van der Waals surface area contributed by atoms with Gasteiger partial charge in [-0.15, -0.1) is 0 Å². The van der Waals surface area contributed by atoms with Crippen LogP contribution < -0.4 is 4.72 Å². The number of pyridine rings is 1. The Morgan fingerprint density at radius 3 is 2.96 bits per heavy atom. The van der Waals surface area contributed by atoms with Crippen LogP contribution in [0.5, 0.6) is 0 Å². The molecule has 0 bridgehead atoms. The van der Waals surface area contributed by atoms with Crippen LogP contribution in [0.1, 0.15) is 22.9 Å². The van der Waals surface area contributed by atoms with E-state index in [1.54, 1.807) is 11.1 Å². The van der Waals surface area contributed by atoms with Gasteiger partial charge in [0.05, 0.1) is 19.3 Å². The van der Waals surface area contributed by atoms with Crippen molar-refractivity contribution in [3.63, 3.8) is 0 Å². The van der Waals surface area contributed by atoms with Gasteiger partial charge < -0.3 is 9.32 Å². The van der Waals surface area contributed by atoms with Gasteiger partial charge in [0, 0.05) is 31.8 Å². The number of fused-ring (bicyclic) bond motifs is 1. The number of aryl methyl sites for hydroxylation is 2. The Morgan fingerprint density at radius 2 is 2.24 bits per heavy atom. The molecule has 0 saturated carbocycles. The summed E-state index contributed by atoms with van der Waals surface area (Å²) in [6.45, 7) is 0.602. The Bertz CT molecular complexity index is 848. The van der Waals surface area contributed by atoms with Crippen LogP contribution in [-0.2, 0) is 40.6 Å². The van der Waals surface area contributed by atoms with Gasteiger partial charge >= 0.3 is 0 Å². The van der Waals surface area contributed by atoms with E-state index in [0.29, 0.717) is 31.8 Å². The minimum absolute atomic E-state index is 0.236. The molecule has 0 unspecified atom stereocenters. The van der Waals surface area contributed by atoms with E-state index in [1.165, 1.54) is 0 Å². The molecule has 2 aromatic heterocycles. The lowest BCUT2D eigenvalue weighted by Crippen LogP contribution is -2.42. The molecule has 1 N–H and O–H groups in total. The van der Waals surface area contributed by atoms with Crippen LogP contribution in [0.2, 0.25) is 0 Å². The Morgan fingerprint density at radius 1 is 1.40 bits per heavy atom. The first-order valence-electron chi connectivity index (χ1n) is 7.99. The minimum Gasteiger partial charge on any atom is -0.445 e. The highest BCUT2D eigenvalue weighted by Crippen LogP contribution is 2.20. The average Bonchev–Trinajstić information content (AvgIpc) is 3.00. The molecule has 0 aromatic carbocycles. The molecule has 1 aliphatic heterocycles. The van der Waals surface area contributed by atoms with Crippen molar-refractivity contribution in [2.24, 2.45) is 0 Å². The first-order valence-corrected chi connectivity index (χ1v) is 9.88. The van der Waals surface area contributed by atoms with Gasteiger partial charge in [0.15, 0.2) is 5.89 Å². The second-order valence-corrected chi connectivity index (χ2v) is 7.83. The predicted octanol–water partition coefficient (Wildman–Crippen LogP) is 0.289. The summed E-state index contributed by atoms with van der Waals surface area (Å²) in [4.78, 5) is 22.3. The maximum Gasteiger partial charge on any atom is 0.237 e. The van der Waals surface area contributed by atoms with Crippen LogP contribution in [0.4, 0.5) is 0 Å². The third-order valence-corrected chi connectivity index (χ3v) is 4.63. The van der Waals surface area contributed by atoms with Gasteiger partial charge in [-0.3, -0.25) is 9.78 Å². The number of aromatic nitrogens is 2. The van der Waals surface area contributed by atoms with E-state index >= 15 is 0 Å². The van der Waals surface area contributed by atoms with Crippen molar-refractivity contribution in [2.45, 2.75) is 25.8 Å². The molecule has 0 spiro atoms. The van der Waals surface area contributed by atoms with E-state index in [9.17, 15) is 13.2 Å². The van der Waals surface area contributed by atoms with Crippen LogP contribution >= 0.6 is 0 Å². The Kier molecular flexibility index (Phi) is 5.14. The van der Waals surface area contributed by atoms with Crippen molar-refractivity contribution in [1.29, 1.82) is 0 Å². The third-order valence-electron chi connectivity index (χ3n) is 3.96. The topological polar surface area (TPSA) is 105 Å². The first-order chi connectivity index (χ1) is 11.9. The lowest BCUT2D eigenvalue weighted by atomic mass is 10.1. The van der Waals surface area contributed by atoms with Crippen LogP contribution in [0.3, 0.4) is 0 Å². The summed E-state index contributed by atoms with van der Waals surface area (Å²) in [5, 5.41) is 0. The molecule has 25 heavy (non-hydrogen) atoms. The molecule has 9 heteroatoms. The molecule has 0 atom stereocenters. The Hall–Kier alpha value is -2.26. The van der Waals surface area contributed by atoms with Gasteiger partial charge in [-0.1, -0.05) is 6.07 Å². The number of carbonyl (C=O) groups is 1. The van der Waals surface area contributed by atoms with Gasteiger partial charge in [-0.2, -0.15) is 0 Å². The van der Waals surface area contributed by atoms with Crippen molar-refractivity contribution < 1.29 is 17.6 Å². The van der Waals surface area contributed by atoms with Crippen molar-refractivity contribution in [3.05, 3.63) is 47.4 Å². The predicted molar refractivity (Wildman–Crippen MR) is 90.1 cm³/mol. The van der Waals surface area contributed by atoms with E-state index in [2.05, 4.69) is 14.7 Å². The van der Waals surface area contributed by atoms with Crippen molar-refractivity contribution in [3.8, 4) is 0 Å². The fourth-order valence-electron chi connectivity index (χ4n) is 2.67. The molecule has 1 amide bonds. The van der Waals surface area contributed by atoms with Crippen molar-refractivity contribution in [1.82, 2.24) is 19.6 Å². The lowest BCUT2D eigenvalue weighted by molar-refractivity contribution is -0.130. The summed E-state index contributed by atoms with van der Waals surface area (Å²) >= 11 is 0. The fraction of sp³-hybridized carbons (Fsp3) is 0.438. The van der Waals surface area contributed by atoms with Crippen LogP contribution in [-0.4, -0.2) is 48.5 Å². The normalized spacial score (nSPS) is 14.4. The van der Waals surface area contributed by atoms with Gasteiger partial charge in [0.1, 0.15) is 11.5 Å². The van der Waals surface area contributed by atoms with E-state index in [1.807, 2.05) is 18.3 Å². The summed E-state index contributed by atoms with van der Waals surface area (Å²) in [5.74, 6) is 1.19. The largest absolute Gasteiger partial charge is 0.445 e. The number of hydrogen-bond donors (Lipinski definition) is 1. The minimum atomic E-state index is -3.38. The molecular formula is C16H20N4O4S. The zero-order valence-corrected chi connectivity index (χ0v) is 14.8. The summed E-state index contributed by atoms with van der Waals surface area (Å²) in [6, 6.07) is 3.90. The maximum absolute atomic E-state index is 12.1.